The predicted molar refractivity (Wildman–Crippen MR) is 124 cm³/mol. The number of methoxy groups -OCH3 is 1. The van der Waals surface area contributed by atoms with Crippen LogP contribution in [-0.2, 0) is 4.74 Å². The van der Waals surface area contributed by atoms with Crippen LogP contribution in [0.15, 0.2) is 11.8 Å². The monoisotopic (exact) mass is 487 g/mol. The van der Waals surface area contributed by atoms with E-state index in [1.807, 2.05) is 7.11 Å². The minimum absolute atomic E-state index is 0.611. The van der Waals surface area contributed by atoms with Gasteiger partial charge in [-0.25, -0.2) is 0 Å². The van der Waals surface area contributed by atoms with Gasteiger partial charge in [0.2, 0.25) is 0 Å². The Bertz CT molecular complexity index is 387. The standard InChI is InChI=1S/C12H22NO.3C4H9.Sn/c1-4-7-11(5-2)13-9-6-8-12(13)10-14-3;3*1-3-4-2;/h4,7,12H,5-6,8-10H2,1-3H3;3*1,3-4H2,2H3;/b11-7+;;;;/t12-;;;;/m0..../s1. The second-order valence-corrected chi connectivity index (χ2v) is 23.6. The van der Waals surface area contributed by atoms with Crippen LogP contribution in [0.3, 0.4) is 0 Å². The average molecular weight is 486 g/mol. The summed E-state index contributed by atoms with van der Waals surface area (Å²) in [5.74, 6) is 0. The van der Waals surface area contributed by atoms with Crippen LogP contribution in [0.25, 0.3) is 0 Å². The molecule has 2 atom stereocenters. The summed E-state index contributed by atoms with van der Waals surface area (Å²) in [6.45, 7) is 14.3. The molecule has 1 aliphatic heterocycles. The van der Waals surface area contributed by atoms with Crippen LogP contribution >= 0.6 is 0 Å². The fourth-order valence-electron chi connectivity index (χ4n) is 5.11. The maximum atomic E-state index is 5.53. The van der Waals surface area contributed by atoms with Gasteiger partial charge >= 0.3 is 176 Å². The number of hydrogen-bond acceptors (Lipinski definition) is 2. The van der Waals surface area contributed by atoms with E-state index in [-0.39, 0.29) is 0 Å². The van der Waals surface area contributed by atoms with E-state index in [1.54, 1.807) is 19.0 Å². The van der Waals surface area contributed by atoms with Crippen LogP contribution in [0.2, 0.25) is 17.2 Å². The van der Waals surface area contributed by atoms with Crippen LogP contribution in [-0.4, -0.2) is 49.6 Å². The van der Waals surface area contributed by atoms with Gasteiger partial charge in [-0.15, -0.1) is 0 Å². The number of hydrogen-bond donors (Lipinski definition) is 0. The zero-order chi connectivity index (χ0) is 20.1. The molecule has 0 aromatic heterocycles. The van der Waals surface area contributed by atoms with Gasteiger partial charge in [0.25, 0.3) is 0 Å². The summed E-state index contributed by atoms with van der Waals surface area (Å²) in [4.78, 5) is 2.70. The quantitative estimate of drug-likeness (QED) is 0.221. The molecule has 1 heterocycles. The van der Waals surface area contributed by atoms with Gasteiger partial charge in [-0.2, -0.15) is 0 Å². The molecule has 0 spiro atoms. The van der Waals surface area contributed by atoms with Crippen LogP contribution in [0, 0.1) is 0 Å². The van der Waals surface area contributed by atoms with Gasteiger partial charge in [0, 0.05) is 0 Å². The molecule has 0 radical (unpaired) electrons. The first-order valence-corrected chi connectivity index (χ1v) is 19.7. The molecule has 0 saturated carbocycles. The topological polar surface area (TPSA) is 12.5 Å². The van der Waals surface area contributed by atoms with Crippen LogP contribution in [0.1, 0.15) is 92.4 Å². The third-order valence-corrected chi connectivity index (χ3v) is 24.5. The number of unbranched alkanes of at least 4 members (excludes halogenated alkanes) is 3. The molecule has 27 heavy (non-hydrogen) atoms. The summed E-state index contributed by atoms with van der Waals surface area (Å²) in [5.41, 5.74) is 1.63. The third kappa shape index (κ3) is 7.91. The molecule has 3 heteroatoms. The Labute approximate surface area is 175 Å². The first-order valence-electron chi connectivity index (χ1n) is 12.0. The summed E-state index contributed by atoms with van der Waals surface area (Å²) >= 11 is -2.17. The molecular formula is C24H49NOSn. The molecule has 1 unspecified atom stereocenters. The second kappa shape index (κ2) is 14.3. The van der Waals surface area contributed by atoms with E-state index in [2.05, 4.69) is 45.6 Å². The van der Waals surface area contributed by atoms with E-state index in [0.717, 1.165) is 10.5 Å². The van der Waals surface area contributed by atoms with Gasteiger partial charge in [0.05, 0.1) is 0 Å². The van der Waals surface area contributed by atoms with Gasteiger partial charge in [-0.3, -0.25) is 0 Å². The summed E-state index contributed by atoms with van der Waals surface area (Å²) in [6.07, 6.45) is 15.1. The second-order valence-electron chi connectivity index (χ2n) is 8.92. The maximum absolute atomic E-state index is 5.53. The molecule has 160 valence electrons. The summed E-state index contributed by atoms with van der Waals surface area (Å²) in [7, 11) is 1.86. The molecule has 1 fully saturated rings. The summed E-state index contributed by atoms with van der Waals surface area (Å²) in [6, 6.07) is 0.611. The van der Waals surface area contributed by atoms with Crippen molar-refractivity contribution in [2.75, 3.05) is 20.3 Å². The Morgan fingerprint density at radius 3 is 2.04 bits per heavy atom. The molecular weight excluding hydrogens is 437 g/mol. The number of nitrogens with zero attached hydrogens (tertiary/aromatic N) is 1. The van der Waals surface area contributed by atoms with Crippen molar-refractivity contribution < 1.29 is 4.74 Å². The molecule has 0 amide bonds. The molecule has 0 aliphatic carbocycles. The summed E-state index contributed by atoms with van der Waals surface area (Å²) in [5, 5.41) is 0. The van der Waals surface area contributed by atoms with Crippen molar-refractivity contribution in [3.05, 3.63) is 11.8 Å². The fourth-order valence-corrected chi connectivity index (χ4v) is 21.8. The Morgan fingerprint density at radius 2 is 1.59 bits per heavy atom. The van der Waals surface area contributed by atoms with Gasteiger partial charge < -0.3 is 0 Å². The Kier molecular flexibility index (Phi) is 13.4. The molecule has 1 aliphatic rings. The normalized spacial score (nSPS) is 19.7. The molecule has 1 saturated heterocycles. The zero-order valence-electron chi connectivity index (χ0n) is 19.5. The number of rotatable bonds is 15. The number of likely N-dealkylation sites (tertiary alicyclic amines) is 1. The van der Waals surface area contributed by atoms with Crippen LogP contribution in [0.4, 0.5) is 0 Å². The van der Waals surface area contributed by atoms with Crippen molar-refractivity contribution in [2.24, 2.45) is 0 Å². The zero-order valence-corrected chi connectivity index (χ0v) is 22.3. The third-order valence-electron chi connectivity index (χ3n) is 6.96. The van der Waals surface area contributed by atoms with Crippen molar-refractivity contribution in [3.63, 3.8) is 0 Å². The molecule has 0 N–H and O–H groups in total. The molecule has 0 bridgehead atoms. The van der Waals surface area contributed by atoms with E-state index >= 15 is 0 Å². The predicted octanol–water partition coefficient (Wildman–Crippen LogP) is 7.63. The molecule has 0 aromatic carbocycles. The molecule has 1 rings (SSSR count). The van der Waals surface area contributed by atoms with Crippen molar-refractivity contribution in [1.29, 1.82) is 0 Å². The van der Waals surface area contributed by atoms with Gasteiger partial charge in [-0.05, 0) is 0 Å². The molecule has 0 aromatic rings. The van der Waals surface area contributed by atoms with Gasteiger partial charge in [0.15, 0.2) is 0 Å². The Balaban J connectivity index is 3.06. The van der Waals surface area contributed by atoms with Crippen molar-refractivity contribution in [1.82, 2.24) is 4.90 Å². The SMILES string of the molecule is CCC[CH2][Sn]([CH2]CCC)([CH2]CCC)[CH](C)/C=C(\CC)N1CCC[C@H]1COC. The van der Waals surface area contributed by atoms with E-state index < -0.39 is 18.4 Å². The van der Waals surface area contributed by atoms with Gasteiger partial charge in [0.1, 0.15) is 0 Å². The van der Waals surface area contributed by atoms with Gasteiger partial charge in [-0.1, -0.05) is 0 Å². The van der Waals surface area contributed by atoms with Crippen LogP contribution in [0.5, 0.6) is 0 Å². The first kappa shape index (κ1) is 25.3. The number of ether oxygens (including phenoxy) is 1. The van der Waals surface area contributed by atoms with E-state index in [9.17, 15) is 0 Å². The number of allylic oxidation sites excluding steroid dienone is 2. The fraction of sp³-hybridized carbons (Fsp3) is 0.917. The minimum atomic E-state index is -2.17. The van der Waals surface area contributed by atoms with Crippen molar-refractivity contribution in [2.45, 2.75) is 116 Å². The Hall–Kier alpha value is 0.299. The average Bonchev–Trinajstić information content (AvgIpc) is 3.14. The molecule has 2 nitrogen and oxygen atoms in total. The van der Waals surface area contributed by atoms with E-state index in [0.29, 0.717) is 6.04 Å². The Morgan fingerprint density at radius 1 is 1.04 bits per heavy atom. The van der Waals surface area contributed by atoms with Crippen molar-refractivity contribution in [3.8, 4) is 0 Å². The van der Waals surface area contributed by atoms with Crippen LogP contribution < -0.4 is 0 Å². The van der Waals surface area contributed by atoms with Crippen molar-refractivity contribution >= 4 is 18.4 Å². The van der Waals surface area contributed by atoms with E-state index in [4.69, 9.17) is 4.74 Å². The summed E-state index contributed by atoms with van der Waals surface area (Å²) < 4.78 is 11.2. The van der Waals surface area contributed by atoms with E-state index in [1.165, 1.54) is 64.3 Å². The first-order chi connectivity index (χ1) is 13.1.